The van der Waals surface area contributed by atoms with Crippen LogP contribution >= 0.6 is 0 Å². The molecule has 0 aromatic carbocycles. The van der Waals surface area contributed by atoms with E-state index in [1.165, 1.54) is 0 Å². The predicted octanol–water partition coefficient (Wildman–Crippen LogP) is 2.69. The van der Waals surface area contributed by atoms with Gasteiger partial charge in [-0.15, -0.1) is 0 Å². The zero-order valence-corrected chi connectivity index (χ0v) is 17.2. The van der Waals surface area contributed by atoms with Crippen molar-refractivity contribution in [3.8, 4) is 0 Å². The average molecular weight is 342 g/mol. The third kappa shape index (κ3) is 7.31. The van der Waals surface area contributed by atoms with E-state index in [9.17, 15) is 9.59 Å². The second kappa shape index (κ2) is 8.43. The van der Waals surface area contributed by atoms with E-state index in [4.69, 9.17) is 5.73 Å². The van der Waals surface area contributed by atoms with Crippen molar-refractivity contribution in [2.45, 2.75) is 73.9 Å². The molecule has 0 aromatic heterocycles. The van der Waals surface area contributed by atoms with Crippen LogP contribution in [0.25, 0.3) is 0 Å². The van der Waals surface area contributed by atoms with Gasteiger partial charge in [-0.2, -0.15) is 0 Å². The van der Waals surface area contributed by atoms with E-state index in [1.54, 1.807) is 6.92 Å². The molecular formula is C19H39N3O2. The molecule has 0 aromatic rings. The van der Waals surface area contributed by atoms with Gasteiger partial charge in [-0.1, -0.05) is 48.5 Å². The maximum atomic E-state index is 12.7. The Bertz CT molecular complexity index is 440. The molecule has 24 heavy (non-hydrogen) atoms. The quantitative estimate of drug-likeness (QED) is 0.533. The summed E-state index contributed by atoms with van der Waals surface area (Å²) in [5.74, 6) is 0.433. The van der Waals surface area contributed by atoms with Crippen molar-refractivity contribution in [2.75, 3.05) is 13.6 Å². The monoisotopic (exact) mass is 341 g/mol. The Morgan fingerprint density at radius 2 is 1.50 bits per heavy atom. The third-order valence-corrected chi connectivity index (χ3v) is 4.43. The molecule has 0 saturated heterocycles. The first-order chi connectivity index (χ1) is 10.6. The summed E-state index contributed by atoms with van der Waals surface area (Å²) >= 11 is 0. The standard InChI is InChI=1S/C19H39N3O2/c1-13(2)15(23)18(6,7)12-19(8,20)22-16(24)17(4,5)10-14(3)11-21-9/h13-14,21H,10-12,20H2,1-9H3,(H,22,24). The third-order valence-electron chi connectivity index (χ3n) is 4.43. The zero-order valence-electron chi connectivity index (χ0n) is 17.2. The zero-order chi connectivity index (χ0) is 19.3. The summed E-state index contributed by atoms with van der Waals surface area (Å²) < 4.78 is 0. The molecule has 2 atom stereocenters. The van der Waals surface area contributed by atoms with Gasteiger partial charge in [0, 0.05) is 16.7 Å². The lowest BCUT2D eigenvalue weighted by Crippen LogP contribution is -2.59. The fourth-order valence-corrected chi connectivity index (χ4v) is 3.64. The second-order valence-corrected chi connectivity index (χ2v) is 9.20. The van der Waals surface area contributed by atoms with E-state index in [0.717, 1.165) is 13.0 Å². The fraction of sp³-hybridized carbons (Fsp3) is 0.895. The van der Waals surface area contributed by atoms with Crippen LogP contribution in [0.1, 0.15) is 68.2 Å². The number of carbonyl (C=O) groups is 2. The maximum Gasteiger partial charge on any atom is 0.227 e. The fourth-order valence-electron chi connectivity index (χ4n) is 3.64. The molecule has 4 N–H and O–H groups in total. The van der Waals surface area contributed by atoms with Crippen LogP contribution in [0.3, 0.4) is 0 Å². The minimum Gasteiger partial charge on any atom is -0.338 e. The van der Waals surface area contributed by atoms with Crippen LogP contribution in [0, 0.1) is 22.7 Å². The molecule has 0 saturated carbocycles. The molecule has 5 nitrogen and oxygen atoms in total. The number of rotatable bonds is 10. The Hall–Kier alpha value is -0.940. The summed E-state index contributed by atoms with van der Waals surface area (Å²) in [5, 5.41) is 6.10. The molecule has 0 radical (unpaired) electrons. The van der Waals surface area contributed by atoms with Crippen molar-refractivity contribution in [1.29, 1.82) is 0 Å². The topological polar surface area (TPSA) is 84.2 Å². The number of carbonyl (C=O) groups excluding carboxylic acids is 2. The van der Waals surface area contributed by atoms with Crippen LogP contribution in [0.2, 0.25) is 0 Å². The van der Waals surface area contributed by atoms with E-state index in [-0.39, 0.29) is 17.6 Å². The summed E-state index contributed by atoms with van der Waals surface area (Å²) in [6, 6.07) is 0. The van der Waals surface area contributed by atoms with Gasteiger partial charge in [0.05, 0.1) is 5.66 Å². The highest BCUT2D eigenvalue weighted by atomic mass is 16.2. The van der Waals surface area contributed by atoms with Gasteiger partial charge in [-0.05, 0) is 39.3 Å². The highest BCUT2D eigenvalue weighted by Gasteiger charge is 2.39. The highest BCUT2D eigenvalue weighted by molar-refractivity contribution is 5.86. The van der Waals surface area contributed by atoms with Crippen molar-refractivity contribution in [1.82, 2.24) is 10.6 Å². The highest BCUT2D eigenvalue weighted by Crippen LogP contribution is 2.31. The number of amides is 1. The van der Waals surface area contributed by atoms with Crippen molar-refractivity contribution in [3.63, 3.8) is 0 Å². The first kappa shape index (κ1) is 23.1. The Labute approximate surface area is 148 Å². The van der Waals surface area contributed by atoms with Crippen molar-refractivity contribution >= 4 is 11.7 Å². The number of nitrogens with two attached hydrogens (primary N) is 1. The molecular weight excluding hydrogens is 302 g/mol. The summed E-state index contributed by atoms with van der Waals surface area (Å²) in [6.07, 6.45) is 1.18. The van der Waals surface area contributed by atoms with Gasteiger partial charge >= 0.3 is 0 Å². The molecule has 0 aliphatic carbocycles. The van der Waals surface area contributed by atoms with Crippen LogP contribution in [0.15, 0.2) is 0 Å². The normalized spacial score (nSPS) is 16.6. The smallest absolute Gasteiger partial charge is 0.227 e. The molecule has 2 unspecified atom stereocenters. The van der Waals surface area contributed by atoms with Crippen LogP contribution in [0.5, 0.6) is 0 Å². The second-order valence-electron chi connectivity index (χ2n) is 9.20. The van der Waals surface area contributed by atoms with E-state index < -0.39 is 16.5 Å². The summed E-state index contributed by atoms with van der Waals surface area (Å²) in [7, 11) is 1.91. The summed E-state index contributed by atoms with van der Waals surface area (Å²) in [5.41, 5.74) is 4.32. The van der Waals surface area contributed by atoms with Gasteiger partial charge in [0.15, 0.2) is 0 Å². The van der Waals surface area contributed by atoms with E-state index >= 15 is 0 Å². The van der Waals surface area contributed by atoms with Crippen LogP contribution in [0.4, 0.5) is 0 Å². The number of nitrogens with one attached hydrogen (secondary N) is 2. The van der Waals surface area contributed by atoms with Gasteiger partial charge in [-0.25, -0.2) is 0 Å². The Balaban J connectivity index is 4.96. The molecule has 142 valence electrons. The van der Waals surface area contributed by atoms with Gasteiger partial charge in [-0.3, -0.25) is 9.59 Å². The van der Waals surface area contributed by atoms with Gasteiger partial charge in [0.2, 0.25) is 5.91 Å². The molecule has 0 bridgehead atoms. The lowest BCUT2D eigenvalue weighted by atomic mass is 9.75. The number of Topliss-reactive ketones (excluding diaryl/α,β-unsaturated/α-hetero) is 1. The largest absolute Gasteiger partial charge is 0.338 e. The van der Waals surface area contributed by atoms with Gasteiger partial charge in [0.1, 0.15) is 5.78 Å². The van der Waals surface area contributed by atoms with E-state index in [0.29, 0.717) is 12.3 Å². The van der Waals surface area contributed by atoms with Crippen LogP contribution in [-0.4, -0.2) is 30.9 Å². The Morgan fingerprint density at radius 1 is 1.00 bits per heavy atom. The summed E-state index contributed by atoms with van der Waals surface area (Å²) in [6.45, 7) is 16.2. The number of ketones is 1. The maximum absolute atomic E-state index is 12.7. The van der Waals surface area contributed by atoms with E-state index in [2.05, 4.69) is 17.6 Å². The summed E-state index contributed by atoms with van der Waals surface area (Å²) in [4.78, 5) is 25.1. The number of hydrogen-bond acceptors (Lipinski definition) is 4. The molecule has 0 rings (SSSR count). The predicted molar refractivity (Wildman–Crippen MR) is 100 cm³/mol. The van der Waals surface area contributed by atoms with Crippen molar-refractivity contribution in [3.05, 3.63) is 0 Å². The molecule has 0 aliphatic heterocycles. The molecule has 0 spiro atoms. The molecule has 5 heteroatoms. The first-order valence-electron chi connectivity index (χ1n) is 8.95. The van der Waals surface area contributed by atoms with Crippen LogP contribution < -0.4 is 16.4 Å². The van der Waals surface area contributed by atoms with Crippen LogP contribution in [-0.2, 0) is 9.59 Å². The first-order valence-corrected chi connectivity index (χ1v) is 8.95. The molecule has 0 fully saturated rings. The molecule has 0 aliphatic rings. The van der Waals surface area contributed by atoms with Crippen molar-refractivity contribution in [2.24, 2.45) is 28.4 Å². The molecule has 1 amide bonds. The Morgan fingerprint density at radius 3 is 1.92 bits per heavy atom. The van der Waals surface area contributed by atoms with E-state index in [1.807, 2.05) is 48.6 Å². The lowest BCUT2D eigenvalue weighted by Gasteiger charge is -2.38. The lowest BCUT2D eigenvalue weighted by molar-refractivity contribution is -0.135. The van der Waals surface area contributed by atoms with Gasteiger partial charge in [0.25, 0.3) is 0 Å². The molecule has 0 heterocycles. The number of hydrogen-bond donors (Lipinski definition) is 3. The SMILES string of the molecule is CNCC(C)CC(C)(C)C(=O)NC(C)(N)CC(C)(C)C(=O)C(C)C. The van der Waals surface area contributed by atoms with Crippen molar-refractivity contribution < 1.29 is 9.59 Å². The Kier molecular flexibility index (Phi) is 8.10. The van der Waals surface area contributed by atoms with Gasteiger partial charge < -0.3 is 16.4 Å². The minimum atomic E-state index is -0.922. The average Bonchev–Trinajstić information content (AvgIpc) is 2.34. The minimum absolute atomic E-state index is 0.0506.